The zero-order chi connectivity index (χ0) is 19.0. The third kappa shape index (κ3) is 2.86. The van der Waals surface area contributed by atoms with Gasteiger partial charge in [-0.05, 0) is 23.8 Å². The number of nitrogens with one attached hydrogen (secondary N) is 1. The summed E-state index contributed by atoms with van der Waals surface area (Å²) >= 11 is 0. The van der Waals surface area contributed by atoms with Gasteiger partial charge in [-0.3, -0.25) is 4.79 Å². The van der Waals surface area contributed by atoms with Gasteiger partial charge in [0.25, 0.3) is 0 Å². The Balaban J connectivity index is 1.64. The van der Waals surface area contributed by atoms with Gasteiger partial charge in [-0.25, -0.2) is 4.79 Å². The molecule has 1 fully saturated rings. The number of aliphatic hydroxyl groups is 1. The summed E-state index contributed by atoms with van der Waals surface area (Å²) in [6.07, 6.45) is 0.408. The van der Waals surface area contributed by atoms with Crippen LogP contribution in [0.2, 0.25) is 0 Å². The molecule has 3 amide bonds. The average molecular weight is 365 g/mol. The average Bonchev–Trinajstić information content (AvgIpc) is 2.68. The highest BCUT2D eigenvalue weighted by molar-refractivity contribution is 5.96. The van der Waals surface area contributed by atoms with Crippen LogP contribution in [-0.4, -0.2) is 47.2 Å². The molecule has 0 bridgehead atoms. The number of benzene rings is 2. The molecule has 6 nitrogen and oxygen atoms in total. The number of rotatable bonds is 3. The molecule has 1 saturated heterocycles. The Morgan fingerprint density at radius 3 is 2.52 bits per heavy atom. The van der Waals surface area contributed by atoms with E-state index in [1.165, 1.54) is 0 Å². The summed E-state index contributed by atoms with van der Waals surface area (Å²) < 4.78 is 0. The van der Waals surface area contributed by atoms with E-state index in [1.807, 2.05) is 61.5 Å². The second-order valence-corrected chi connectivity index (χ2v) is 6.96. The van der Waals surface area contributed by atoms with Crippen molar-refractivity contribution in [3.05, 3.63) is 60.2 Å². The lowest BCUT2D eigenvalue weighted by Gasteiger charge is -2.58. The molecular formula is C21H23N3O3. The van der Waals surface area contributed by atoms with Crippen LogP contribution in [0, 0.1) is 0 Å². The van der Waals surface area contributed by atoms with E-state index in [2.05, 4.69) is 5.32 Å². The van der Waals surface area contributed by atoms with Crippen LogP contribution in [-0.2, 0) is 4.79 Å². The van der Waals surface area contributed by atoms with Crippen molar-refractivity contribution in [2.45, 2.75) is 31.3 Å². The predicted molar refractivity (Wildman–Crippen MR) is 104 cm³/mol. The molecule has 0 radical (unpaired) electrons. The number of carbonyl (C=O) groups is 2. The topological polar surface area (TPSA) is 72.9 Å². The van der Waals surface area contributed by atoms with Crippen molar-refractivity contribution < 1.29 is 14.7 Å². The molecule has 2 heterocycles. The molecule has 2 aliphatic heterocycles. The van der Waals surface area contributed by atoms with E-state index in [0.717, 1.165) is 11.3 Å². The number of aliphatic hydroxyl groups excluding tert-OH is 1. The minimum Gasteiger partial charge on any atom is -0.394 e. The fourth-order valence-electron chi connectivity index (χ4n) is 4.30. The first-order valence-electron chi connectivity index (χ1n) is 9.30. The summed E-state index contributed by atoms with van der Waals surface area (Å²) in [4.78, 5) is 28.8. The molecule has 0 unspecified atom stereocenters. The van der Waals surface area contributed by atoms with Crippen molar-refractivity contribution in [2.75, 3.05) is 23.4 Å². The molecule has 4 rings (SSSR count). The Labute approximate surface area is 158 Å². The highest BCUT2D eigenvalue weighted by Gasteiger charge is 2.55. The number of likely N-dealkylation sites (tertiary alicyclic amines) is 1. The number of carbonyl (C=O) groups excluding carboxylic acids is 2. The monoisotopic (exact) mass is 365 g/mol. The molecule has 0 aliphatic carbocycles. The minimum atomic E-state index is -0.293. The van der Waals surface area contributed by atoms with Crippen molar-refractivity contribution in [1.29, 1.82) is 0 Å². The third-order valence-corrected chi connectivity index (χ3v) is 5.55. The van der Waals surface area contributed by atoms with Crippen LogP contribution in [0.1, 0.15) is 24.8 Å². The Bertz CT molecular complexity index is 855. The standard InChI is InChI=1S/C21H23N3O3/c1-2-19(26)23-12-17-20(15-10-6-7-11-16(15)23)18(13-25)24(17)21(27)22-14-8-4-3-5-9-14/h3-11,17-18,20,25H,2,12-13H2,1H3,(H,22,27)/t17-,18-,20+/m1/s1. The lowest BCUT2D eigenvalue weighted by Crippen LogP contribution is -2.71. The normalized spacial score (nSPS) is 23.1. The van der Waals surface area contributed by atoms with Crippen molar-refractivity contribution >= 4 is 23.3 Å². The van der Waals surface area contributed by atoms with Crippen molar-refractivity contribution in [1.82, 2.24) is 4.90 Å². The number of nitrogens with zero attached hydrogens (tertiary/aromatic N) is 2. The first-order valence-corrected chi connectivity index (χ1v) is 9.30. The summed E-state index contributed by atoms with van der Waals surface area (Å²) in [5.74, 6) is 0.0744. The van der Waals surface area contributed by atoms with Crippen LogP contribution in [0.15, 0.2) is 54.6 Å². The molecule has 3 atom stereocenters. The second kappa shape index (κ2) is 7.04. The predicted octanol–water partition coefficient (Wildman–Crippen LogP) is 2.80. The summed E-state index contributed by atoms with van der Waals surface area (Å²) in [6.45, 7) is 2.18. The number of anilines is 2. The zero-order valence-electron chi connectivity index (χ0n) is 15.2. The Morgan fingerprint density at radius 1 is 1.11 bits per heavy atom. The summed E-state index contributed by atoms with van der Waals surface area (Å²) in [5.41, 5.74) is 2.63. The van der Waals surface area contributed by atoms with E-state index in [0.29, 0.717) is 18.7 Å². The van der Waals surface area contributed by atoms with Gasteiger partial charge in [-0.2, -0.15) is 0 Å². The first kappa shape index (κ1) is 17.5. The van der Waals surface area contributed by atoms with E-state index in [4.69, 9.17) is 0 Å². The van der Waals surface area contributed by atoms with E-state index in [1.54, 1.807) is 9.80 Å². The van der Waals surface area contributed by atoms with Crippen molar-refractivity contribution in [3.8, 4) is 0 Å². The van der Waals surface area contributed by atoms with Crippen LogP contribution >= 0.6 is 0 Å². The van der Waals surface area contributed by atoms with Gasteiger partial charge in [0.2, 0.25) is 5.91 Å². The fourth-order valence-corrected chi connectivity index (χ4v) is 4.30. The minimum absolute atomic E-state index is 0.0358. The number of fused-ring (bicyclic) bond motifs is 3. The van der Waals surface area contributed by atoms with Crippen LogP contribution in [0.3, 0.4) is 0 Å². The maximum absolute atomic E-state index is 12.9. The Kier molecular flexibility index (Phi) is 4.58. The highest BCUT2D eigenvalue weighted by atomic mass is 16.3. The van der Waals surface area contributed by atoms with Crippen LogP contribution in [0.25, 0.3) is 0 Å². The number of hydrogen-bond acceptors (Lipinski definition) is 3. The molecule has 2 aromatic rings. The first-order chi connectivity index (χ1) is 13.2. The second-order valence-electron chi connectivity index (χ2n) is 6.96. The summed E-state index contributed by atoms with van der Waals surface area (Å²) in [5, 5.41) is 12.9. The van der Waals surface area contributed by atoms with Gasteiger partial charge >= 0.3 is 6.03 Å². The van der Waals surface area contributed by atoms with E-state index in [-0.39, 0.29) is 36.5 Å². The smallest absolute Gasteiger partial charge is 0.322 e. The molecule has 2 aliphatic rings. The molecule has 2 aromatic carbocycles. The summed E-state index contributed by atoms with van der Waals surface area (Å²) in [7, 11) is 0. The molecule has 140 valence electrons. The fraction of sp³-hybridized carbons (Fsp3) is 0.333. The quantitative estimate of drug-likeness (QED) is 0.878. The van der Waals surface area contributed by atoms with Gasteiger partial charge in [-0.15, -0.1) is 0 Å². The molecule has 2 N–H and O–H groups in total. The lowest BCUT2D eigenvalue weighted by molar-refractivity contribution is -0.119. The molecule has 0 spiro atoms. The van der Waals surface area contributed by atoms with Crippen molar-refractivity contribution in [2.24, 2.45) is 0 Å². The van der Waals surface area contributed by atoms with Crippen LogP contribution in [0.5, 0.6) is 0 Å². The van der Waals surface area contributed by atoms with Gasteiger partial charge in [0, 0.05) is 30.3 Å². The highest BCUT2D eigenvalue weighted by Crippen LogP contribution is 2.48. The third-order valence-electron chi connectivity index (χ3n) is 5.55. The van der Waals surface area contributed by atoms with Gasteiger partial charge < -0.3 is 20.2 Å². The number of hydrogen-bond donors (Lipinski definition) is 2. The van der Waals surface area contributed by atoms with E-state index < -0.39 is 0 Å². The number of para-hydroxylation sites is 2. The lowest BCUT2D eigenvalue weighted by atomic mass is 9.72. The van der Waals surface area contributed by atoms with Gasteiger partial charge in [0.05, 0.1) is 18.7 Å². The van der Waals surface area contributed by atoms with Crippen LogP contribution in [0.4, 0.5) is 16.2 Å². The van der Waals surface area contributed by atoms with Crippen molar-refractivity contribution in [3.63, 3.8) is 0 Å². The molecule has 6 heteroatoms. The summed E-state index contributed by atoms with van der Waals surface area (Å²) in [6, 6.07) is 16.4. The maximum Gasteiger partial charge on any atom is 0.322 e. The molecular weight excluding hydrogens is 342 g/mol. The zero-order valence-corrected chi connectivity index (χ0v) is 15.2. The Morgan fingerprint density at radius 2 is 1.81 bits per heavy atom. The Hall–Kier alpha value is -2.86. The molecule has 0 aromatic heterocycles. The van der Waals surface area contributed by atoms with E-state index in [9.17, 15) is 14.7 Å². The van der Waals surface area contributed by atoms with Crippen LogP contribution < -0.4 is 10.2 Å². The van der Waals surface area contributed by atoms with Gasteiger partial charge in [0.15, 0.2) is 0 Å². The van der Waals surface area contributed by atoms with Gasteiger partial charge in [-0.1, -0.05) is 43.3 Å². The SMILES string of the molecule is CCC(=O)N1C[C@@H]2[C@H](c3ccccc31)[C@@H](CO)N2C(=O)Nc1ccccc1. The van der Waals surface area contributed by atoms with Gasteiger partial charge in [0.1, 0.15) is 0 Å². The number of amides is 3. The number of urea groups is 1. The maximum atomic E-state index is 12.9. The molecule has 0 saturated carbocycles. The largest absolute Gasteiger partial charge is 0.394 e. The van der Waals surface area contributed by atoms with E-state index >= 15 is 0 Å². The molecule has 27 heavy (non-hydrogen) atoms.